The van der Waals surface area contributed by atoms with Gasteiger partial charge in [0.1, 0.15) is 11.3 Å². The molecular weight excluding hydrogens is 432 g/mol. The second kappa shape index (κ2) is 11.2. The molecule has 6 nitrogen and oxygen atoms in total. The number of anilines is 1. The van der Waals surface area contributed by atoms with Gasteiger partial charge in [0.15, 0.2) is 5.13 Å². The van der Waals surface area contributed by atoms with Crippen LogP contribution in [-0.4, -0.2) is 34.1 Å². The number of nitrogens with one attached hydrogen (secondary N) is 2. The molecule has 0 saturated heterocycles. The largest absolute Gasteiger partial charge is 0.381 e. The molecule has 7 heteroatoms. The molecule has 0 aliphatic rings. The van der Waals surface area contributed by atoms with Crippen LogP contribution < -0.4 is 5.32 Å². The van der Waals surface area contributed by atoms with Crippen LogP contribution in [0, 0.1) is 5.92 Å². The second-order valence-corrected chi connectivity index (χ2v) is 9.01. The maximum atomic E-state index is 12.9. The van der Waals surface area contributed by atoms with Crippen molar-refractivity contribution in [3.05, 3.63) is 65.2 Å². The molecule has 1 atom stereocenters. The zero-order chi connectivity index (χ0) is 23.0. The lowest BCUT2D eigenvalue weighted by atomic mass is 9.91. The van der Waals surface area contributed by atoms with Gasteiger partial charge in [-0.05, 0) is 42.9 Å². The number of ether oxygens (including phenoxy) is 1. The van der Waals surface area contributed by atoms with Gasteiger partial charge in [0.2, 0.25) is 0 Å². The quantitative estimate of drug-likeness (QED) is 0.255. The lowest BCUT2D eigenvalue weighted by molar-refractivity contribution is 0.102. The number of thiazole rings is 1. The summed E-state index contributed by atoms with van der Waals surface area (Å²) < 4.78 is 5.72. The maximum Gasteiger partial charge on any atom is 0.259 e. The van der Waals surface area contributed by atoms with Crippen LogP contribution in [0.3, 0.4) is 0 Å². The molecule has 0 spiro atoms. The summed E-state index contributed by atoms with van der Waals surface area (Å²) in [6.07, 6.45) is 5.84. The first-order valence-electron chi connectivity index (χ1n) is 11.5. The van der Waals surface area contributed by atoms with Gasteiger partial charge in [0.25, 0.3) is 5.91 Å². The number of hydrogen-bond donors (Lipinski definition) is 2. The maximum absolute atomic E-state index is 12.9. The molecule has 0 fully saturated rings. The minimum atomic E-state index is -0.208. The van der Waals surface area contributed by atoms with Crippen molar-refractivity contribution in [1.29, 1.82) is 0 Å². The molecule has 1 amide bonds. The van der Waals surface area contributed by atoms with Crippen molar-refractivity contribution in [3.8, 4) is 11.4 Å². The third-order valence-corrected chi connectivity index (χ3v) is 6.48. The van der Waals surface area contributed by atoms with E-state index in [1.807, 2.05) is 23.6 Å². The van der Waals surface area contributed by atoms with Crippen LogP contribution >= 0.6 is 11.3 Å². The van der Waals surface area contributed by atoms with E-state index >= 15 is 0 Å². The average Bonchev–Trinajstić information content (AvgIpc) is 3.50. The number of rotatable bonds is 11. The Bertz CT molecular complexity index is 1190. The number of imidazole rings is 1. The number of amides is 1. The van der Waals surface area contributed by atoms with E-state index in [0.717, 1.165) is 55.8 Å². The molecule has 2 aromatic carbocycles. The summed E-state index contributed by atoms with van der Waals surface area (Å²) >= 11 is 1.39. The first-order chi connectivity index (χ1) is 16.2. The number of carbonyl (C=O) groups is 1. The lowest BCUT2D eigenvalue weighted by Crippen LogP contribution is -2.12. The highest BCUT2D eigenvalue weighted by molar-refractivity contribution is 7.13. The molecule has 4 aromatic rings. The van der Waals surface area contributed by atoms with Gasteiger partial charge >= 0.3 is 0 Å². The molecule has 2 aromatic heterocycles. The van der Waals surface area contributed by atoms with E-state index in [4.69, 9.17) is 9.72 Å². The molecule has 0 bridgehead atoms. The van der Waals surface area contributed by atoms with Gasteiger partial charge in [-0.1, -0.05) is 50.6 Å². The Morgan fingerprint density at radius 1 is 1.15 bits per heavy atom. The molecule has 0 saturated carbocycles. The van der Waals surface area contributed by atoms with E-state index < -0.39 is 0 Å². The number of para-hydroxylation sites is 1. The number of aromatic amines is 1. The van der Waals surface area contributed by atoms with Crippen molar-refractivity contribution in [2.45, 2.75) is 39.5 Å². The molecule has 33 heavy (non-hydrogen) atoms. The Balaban J connectivity index is 1.59. The van der Waals surface area contributed by atoms with Gasteiger partial charge < -0.3 is 9.72 Å². The fourth-order valence-corrected chi connectivity index (χ4v) is 4.50. The topological polar surface area (TPSA) is 79.9 Å². The number of carbonyl (C=O) groups excluding carboxylic acids is 1. The number of nitrogens with zero attached hydrogens (tertiary/aromatic N) is 2. The summed E-state index contributed by atoms with van der Waals surface area (Å²) in [4.78, 5) is 25.3. The molecule has 1 unspecified atom stereocenters. The molecule has 0 aliphatic heterocycles. The van der Waals surface area contributed by atoms with E-state index in [1.54, 1.807) is 12.3 Å². The standard InChI is InChI=1S/C26H30N4O2S/c1-3-14-32-15-12-18(4-2)17-19-8-5-6-9-20(19)24-28-22-11-7-10-21(23(22)29-24)25(31)30-26-27-13-16-33-26/h5-11,13,16,18H,3-4,12,14-15,17H2,1-2H3,(H,28,29)(H,27,30,31). The Morgan fingerprint density at radius 2 is 2.03 bits per heavy atom. The van der Waals surface area contributed by atoms with Crippen LogP contribution in [0.4, 0.5) is 5.13 Å². The van der Waals surface area contributed by atoms with Crippen molar-refractivity contribution in [3.63, 3.8) is 0 Å². The summed E-state index contributed by atoms with van der Waals surface area (Å²) in [6.45, 7) is 6.00. The number of H-pyrrole nitrogens is 1. The van der Waals surface area contributed by atoms with E-state index in [9.17, 15) is 4.79 Å². The van der Waals surface area contributed by atoms with Gasteiger partial charge in [-0.15, -0.1) is 11.3 Å². The van der Waals surface area contributed by atoms with Crippen molar-refractivity contribution < 1.29 is 9.53 Å². The molecule has 2 heterocycles. The minimum absolute atomic E-state index is 0.208. The van der Waals surface area contributed by atoms with E-state index in [0.29, 0.717) is 22.1 Å². The van der Waals surface area contributed by atoms with Crippen LogP contribution in [0.25, 0.3) is 22.4 Å². The minimum Gasteiger partial charge on any atom is -0.381 e. The van der Waals surface area contributed by atoms with Crippen LogP contribution in [0.2, 0.25) is 0 Å². The van der Waals surface area contributed by atoms with Gasteiger partial charge in [0.05, 0.1) is 11.1 Å². The van der Waals surface area contributed by atoms with Crippen molar-refractivity contribution >= 4 is 33.4 Å². The summed E-state index contributed by atoms with van der Waals surface area (Å²) in [5, 5.41) is 5.26. The molecule has 0 aliphatic carbocycles. The second-order valence-electron chi connectivity index (χ2n) is 8.12. The van der Waals surface area contributed by atoms with Crippen LogP contribution in [0.15, 0.2) is 54.0 Å². The summed E-state index contributed by atoms with van der Waals surface area (Å²) in [5.74, 6) is 1.12. The van der Waals surface area contributed by atoms with E-state index in [-0.39, 0.29) is 5.91 Å². The first-order valence-corrected chi connectivity index (χ1v) is 12.4. The molecule has 2 N–H and O–H groups in total. The van der Waals surface area contributed by atoms with Crippen LogP contribution in [0.1, 0.15) is 49.0 Å². The lowest BCUT2D eigenvalue weighted by Gasteiger charge is -2.17. The first kappa shape index (κ1) is 23.1. The summed E-state index contributed by atoms with van der Waals surface area (Å²) in [5.41, 5.74) is 4.37. The Kier molecular flexibility index (Phi) is 7.86. The normalized spacial score (nSPS) is 12.2. The Hall–Kier alpha value is -3.03. The SMILES string of the molecule is CCCOCCC(CC)Cc1ccccc1-c1nc2c(C(=O)Nc3nccs3)cccc2[nH]1. The Labute approximate surface area is 198 Å². The molecular formula is C26H30N4O2S. The van der Waals surface area contributed by atoms with Crippen LogP contribution in [0.5, 0.6) is 0 Å². The highest BCUT2D eigenvalue weighted by Gasteiger charge is 2.18. The van der Waals surface area contributed by atoms with Crippen molar-refractivity contribution in [1.82, 2.24) is 15.0 Å². The Morgan fingerprint density at radius 3 is 2.82 bits per heavy atom. The number of benzene rings is 2. The zero-order valence-corrected chi connectivity index (χ0v) is 20.0. The average molecular weight is 463 g/mol. The van der Waals surface area contributed by atoms with Crippen molar-refractivity contribution in [2.24, 2.45) is 5.92 Å². The van der Waals surface area contributed by atoms with E-state index in [1.165, 1.54) is 16.9 Å². The predicted molar refractivity (Wildman–Crippen MR) is 135 cm³/mol. The highest BCUT2D eigenvalue weighted by atomic mass is 32.1. The fourth-order valence-electron chi connectivity index (χ4n) is 3.98. The zero-order valence-electron chi connectivity index (χ0n) is 19.1. The van der Waals surface area contributed by atoms with Crippen molar-refractivity contribution in [2.75, 3.05) is 18.5 Å². The van der Waals surface area contributed by atoms with E-state index in [2.05, 4.69) is 47.3 Å². The summed E-state index contributed by atoms with van der Waals surface area (Å²) in [6, 6.07) is 14.0. The molecule has 4 rings (SSSR count). The third-order valence-electron chi connectivity index (χ3n) is 5.79. The third kappa shape index (κ3) is 5.67. The number of fused-ring (bicyclic) bond motifs is 1. The monoisotopic (exact) mass is 462 g/mol. The predicted octanol–water partition coefficient (Wildman–Crippen LogP) is 6.32. The van der Waals surface area contributed by atoms with Gasteiger partial charge in [-0.2, -0.15) is 0 Å². The fraction of sp³-hybridized carbons (Fsp3) is 0.346. The van der Waals surface area contributed by atoms with Crippen LogP contribution in [-0.2, 0) is 11.2 Å². The highest BCUT2D eigenvalue weighted by Crippen LogP contribution is 2.29. The molecule has 0 radical (unpaired) electrons. The molecule has 172 valence electrons. The van der Waals surface area contributed by atoms with Gasteiger partial charge in [-0.3, -0.25) is 10.1 Å². The van der Waals surface area contributed by atoms with Gasteiger partial charge in [-0.25, -0.2) is 9.97 Å². The summed E-state index contributed by atoms with van der Waals surface area (Å²) in [7, 11) is 0. The number of hydrogen-bond acceptors (Lipinski definition) is 5. The van der Waals surface area contributed by atoms with Gasteiger partial charge in [0, 0.05) is 30.4 Å². The number of aromatic nitrogens is 3. The smallest absolute Gasteiger partial charge is 0.259 e.